The highest BCUT2D eigenvalue weighted by Gasteiger charge is 2.56. The number of likely N-dealkylation sites (N-methyl/N-ethyl adjacent to an activating group) is 2. The molecule has 0 radical (unpaired) electrons. The number of hydrogen-bond acceptors (Lipinski definition) is 21. The molecule has 27 nitrogen and oxygen atoms in total. The maximum atomic E-state index is 14.8. The highest BCUT2D eigenvalue weighted by molar-refractivity contribution is 5.93. The fourth-order valence-corrected chi connectivity index (χ4v) is 11.3. The summed E-state index contributed by atoms with van der Waals surface area (Å²) in [6.45, 7) is 15.2. The summed E-state index contributed by atoms with van der Waals surface area (Å²) in [6, 6.07) is 8.23. The molecule has 89 heavy (non-hydrogen) atoms. The molecule has 14 atom stereocenters. The van der Waals surface area contributed by atoms with E-state index in [4.69, 9.17) is 47.4 Å². The van der Waals surface area contributed by atoms with E-state index in [-0.39, 0.29) is 30.2 Å². The number of amides is 5. The molecule has 2 saturated heterocycles. The number of hydrogen-bond donors (Lipinski definition) is 3. The van der Waals surface area contributed by atoms with Gasteiger partial charge in [0.2, 0.25) is 36.0 Å². The van der Waals surface area contributed by atoms with Crippen molar-refractivity contribution in [1.82, 2.24) is 25.3 Å². The third-order valence-corrected chi connectivity index (χ3v) is 15.9. The summed E-state index contributed by atoms with van der Waals surface area (Å²) in [5, 5.41) is 16.0. The number of ether oxygens (including phenoxy) is 10. The highest BCUT2D eigenvalue weighted by Crippen LogP contribution is 2.34. The normalized spacial score (nSPS) is 20.8. The summed E-state index contributed by atoms with van der Waals surface area (Å²) in [5.41, 5.74) is 0.394. The van der Waals surface area contributed by atoms with E-state index in [0.717, 1.165) is 50.5 Å². The van der Waals surface area contributed by atoms with Crippen LogP contribution in [0.2, 0.25) is 0 Å². The van der Waals surface area contributed by atoms with Crippen molar-refractivity contribution in [3.8, 4) is 5.75 Å². The van der Waals surface area contributed by atoms with Gasteiger partial charge in [-0.2, -0.15) is 0 Å². The number of nitrogens with one attached hydrogen (secondary N) is 2. The van der Waals surface area contributed by atoms with Crippen LogP contribution in [-0.2, 0) is 98.8 Å². The Kier molecular flexibility index (Phi) is 28.2. The number of carboxylic acids is 1. The summed E-state index contributed by atoms with van der Waals surface area (Å²) < 4.78 is 55.2. The van der Waals surface area contributed by atoms with Crippen LogP contribution >= 0.6 is 0 Å². The van der Waals surface area contributed by atoms with Crippen molar-refractivity contribution in [1.29, 1.82) is 0 Å². The van der Waals surface area contributed by atoms with Gasteiger partial charge in [0, 0.05) is 62.1 Å². The van der Waals surface area contributed by atoms with Crippen molar-refractivity contribution >= 4 is 65.5 Å². The molecule has 2 fully saturated rings. The minimum Gasteiger partial charge on any atom is -0.478 e. The van der Waals surface area contributed by atoms with E-state index >= 15 is 0 Å². The minimum atomic E-state index is -1.88. The Hall–Kier alpha value is -7.91. The lowest BCUT2D eigenvalue weighted by molar-refractivity contribution is -0.282. The summed E-state index contributed by atoms with van der Waals surface area (Å²) in [7, 11) is 8.08. The van der Waals surface area contributed by atoms with Gasteiger partial charge in [0.1, 0.15) is 36.0 Å². The molecule has 1 unspecified atom stereocenters. The van der Waals surface area contributed by atoms with Gasteiger partial charge in [-0.05, 0) is 53.9 Å². The van der Waals surface area contributed by atoms with Crippen LogP contribution < -0.4 is 15.4 Å². The first-order valence-corrected chi connectivity index (χ1v) is 29.5. The molecular weight excluding hydrogens is 1170 g/mol. The van der Waals surface area contributed by atoms with E-state index in [1.165, 1.54) is 39.3 Å². The fraction of sp³-hybridized carbons (Fsp3) is 0.629. The molecule has 0 spiro atoms. The lowest BCUT2D eigenvalue weighted by atomic mass is 9.89. The van der Waals surface area contributed by atoms with Gasteiger partial charge < -0.3 is 72.9 Å². The molecule has 5 amide bonds. The van der Waals surface area contributed by atoms with Crippen molar-refractivity contribution in [3.05, 3.63) is 65.2 Å². The van der Waals surface area contributed by atoms with Crippen molar-refractivity contribution in [2.45, 2.75) is 181 Å². The fourth-order valence-electron chi connectivity index (χ4n) is 11.3. The molecular formula is C62H89N5O22. The quantitative estimate of drug-likeness (QED) is 0.0735. The maximum Gasteiger partial charge on any atom is 0.410 e. The molecule has 2 aliphatic heterocycles. The molecule has 2 aliphatic rings. The van der Waals surface area contributed by atoms with Crippen LogP contribution in [-0.4, -0.2) is 208 Å². The lowest BCUT2D eigenvalue weighted by Crippen LogP contribution is -2.64. The first-order valence-electron chi connectivity index (χ1n) is 29.5. The van der Waals surface area contributed by atoms with E-state index in [9.17, 15) is 57.8 Å². The average Bonchev–Trinajstić information content (AvgIpc) is 2.00. The number of carboxylic acid groups (broad SMARTS) is 1. The summed E-state index contributed by atoms with van der Waals surface area (Å²) >= 11 is 0. The smallest absolute Gasteiger partial charge is 0.410 e. The molecule has 4 rings (SSSR count). The van der Waals surface area contributed by atoms with Gasteiger partial charge in [0.15, 0.2) is 18.3 Å². The van der Waals surface area contributed by atoms with E-state index in [1.807, 2.05) is 44.2 Å². The van der Waals surface area contributed by atoms with Crippen LogP contribution in [0.5, 0.6) is 5.75 Å². The summed E-state index contributed by atoms with van der Waals surface area (Å²) in [5.74, 6) is -10.6. The second-order valence-electron chi connectivity index (χ2n) is 22.9. The van der Waals surface area contributed by atoms with Gasteiger partial charge in [-0.3, -0.25) is 38.5 Å². The number of aromatic carboxylic acids is 1. The molecule has 2 heterocycles. The summed E-state index contributed by atoms with van der Waals surface area (Å²) in [6.07, 6.45) is -9.74. The number of carbonyl (C=O) groups is 11. The molecule has 0 saturated carbocycles. The number of methoxy groups -OCH3 is 4. The zero-order valence-electron chi connectivity index (χ0n) is 53.7. The second-order valence-corrected chi connectivity index (χ2v) is 22.9. The second kappa shape index (κ2) is 34.2. The molecule has 2 aromatic rings. The molecule has 3 N–H and O–H groups in total. The SMILES string of the molecule is CCC(C)[C@@H]([C@@H](CC(=O)N1CCC[C@H]1[C@H](OC)[C@@H](C)C(=O)N[C@@H](Cc1ccccc1)C(=O)OC)OC)N(C)C(=O)[C@@H](NC(=O)[C@H](C(C)C)N(C)C(=O)OCc1ccc(O[C@@H]2O[C@H](C(=O)OC)[C@@H](OC(C)=O)[C@H](OC(C)=O)[C@H]2OC(C)=O)c(C(=O)O)c1)C(C)C. The van der Waals surface area contributed by atoms with Gasteiger partial charge >= 0.3 is 41.9 Å². The third kappa shape index (κ3) is 19.5. The van der Waals surface area contributed by atoms with Crippen molar-refractivity contribution in [3.63, 3.8) is 0 Å². The molecule has 494 valence electrons. The number of carbonyl (C=O) groups excluding carboxylic acids is 10. The molecule has 2 aromatic carbocycles. The van der Waals surface area contributed by atoms with E-state index < -0.39 is 168 Å². The minimum absolute atomic E-state index is 0.115. The molecule has 0 aliphatic carbocycles. The van der Waals surface area contributed by atoms with E-state index in [1.54, 1.807) is 46.6 Å². The Bertz CT molecular complexity index is 2800. The lowest BCUT2D eigenvalue weighted by Gasteiger charge is -2.43. The Morgan fingerprint density at radius 3 is 1.89 bits per heavy atom. The monoisotopic (exact) mass is 1260 g/mol. The zero-order valence-corrected chi connectivity index (χ0v) is 53.7. The van der Waals surface area contributed by atoms with Gasteiger partial charge in [0.25, 0.3) is 0 Å². The van der Waals surface area contributed by atoms with Crippen LogP contribution in [0, 0.1) is 23.7 Å². The topological polar surface area (TPSA) is 334 Å². The third-order valence-electron chi connectivity index (χ3n) is 15.9. The standard InChI is InChI=1S/C62H89N5O22/c1-17-34(6)49(45(80-13)30-46(71)67-27-21-24-43(67)50(81-14)35(7)55(72)63-42(59(77)82-15)29-39-22-19-18-20-23-39)65(11)57(74)47(32(2)3)64-56(73)48(33(4)5)66(12)62(79)84-31-40-25-26-44(41(28-40)58(75)76)88-61-54(87-38(10)70)52(86-37(9)69)51(85-36(8)68)53(89-61)60(78)83-16/h18-20,22-23,25-26,28,32-35,42-43,45,47-54,61H,17,21,24,27,29-31H2,1-16H3,(H,63,72)(H,64,73)(H,75,76)/t34?,35-,42+,43+,45-,47+,48+,49+,50-,51+,52+,53+,54-,61-/m1/s1. The predicted molar refractivity (Wildman–Crippen MR) is 315 cm³/mol. The van der Waals surface area contributed by atoms with Gasteiger partial charge in [0.05, 0.1) is 50.8 Å². The van der Waals surface area contributed by atoms with Crippen molar-refractivity contribution in [2.24, 2.45) is 23.7 Å². The Morgan fingerprint density at radius 1 is 0.730 bits per heavy atom. The molecule has 0 bridgehead atoms. The van der Waals surface area contributed by atoms with Crippen molar-refractivity contribution < 1.29 is 105 Å². The van der Waals surface area contributed by atoms with E-state index in [2.05, 4.69) is 10.6 Å². The zero-order chi connectivity index (χ0) is 66.7. The van der Waals surface area contributed by atoms with Crippen LogP contribution in [0.4, 0.5) is 4.79 Å². The van der Waals surface area contributed by atoms with Crippen LogP contribution in [0.3, 0.4) is 0 Å². The van der Waals surface area contributed by atoms with Gasteiger partial charge in [-0.15, -0.1) is 0 Å². The van der Waals surface area contributed by atoms with Gasteiger partial charge in [-0.1, -0.05) is 91.3 Å². The summed E-state index contributed by atoms with van der Waals surface area (Å²) in [4.78, 5) is 151. The Morgan fingerprint density at radius 2 is 1.35 bits per heavy atom. The van der Waals surface area contributed by atoms with Crippen LogP contribution in [0.25, 0.3) is 0 Å². The first kappa shape index (κ1) is 73.6. The first-order chi connectivity index (χ1) is 42.0. The number of nitrogens with zero attached hydrogens (tertiary/aromatic N) is 3. The highest BCUT2D eigenvalue weighted by atomic mass is 16.7. The molecule has 0 aromatic heterocycles. The molecule has 27 heteroatoms. The maximum absolute atomic E-state index is 14.8. The Labute approximate surface area is 519 Å². The van der Waals surface area contributed by atoms with Crippen LogP contribution in [0.1, 0.15) is 116 Å². The Balaban J connectivity index is 1.50. The van der Waals surface area contributed by atoms with Crippen LogP contribution in [0.15, 0.2) is 48.5 Å². The van der Waals surface area contributed by atoms with E-state index in [0.29, 0.717) is 25.8 Å². The number of benzene rings is 2. The number of likely N-dealkylation sites (tertiary alicyclic amines) is 1. The predicted octanol–water partition coefficient (Wildman–Crippen LogP) is 4.01. The van der Waals surface area contributed by atoms with Crippen molar-refractivity contribution in [2.75, 3.05) is 49.1 Å². The average molecular weight is 1260 g/mol. The largest absolute Gasteiger partial charge is 0.478 e. The number of esters is 5. The number of rotatable bonds is 30. The van der Waals surface area contributed by atoms with Gasteiger partial charge in [-0.25, -0.2) is 19.2 Å².